The molecule has 0 amide bonds. The Bertz CT molecular complexity index is 280. The summed E-state index contributed by atoms with van der Waals surface area (Å²) in [7, 11) is 0. The van der Waals surface area contributed by atoms with Gasteiger partial charge in [-0.2, -0.15) is 11.8 Å². The summed E-state index contributed by atoms with van der Waals surface area (Å²) < 4.78 is 0. The van der Waals surface area contributed by atoms with Crippen LogP contribution in [0.5, 0.6) is 0 Å². The van der Waals surface area contributed by atoms with Crippen LogP contribution in [-0.2, 0) is 5.75 Å². The molecule has 1 N–H and O–H groups in total. The van der Waals surface area contributed by atoms with Gasteiger partial charge in [0, 0.05) is 5.75 Å². The molecule has 0 saturated carbocycles. The highest BCUT2D eigenvalue weighted by Gasteiger charge is 2.11. The molecular weight excluding hydrogens is 214 g/mol. The highest BCUT2D eigenvalue weighted by molar-refractivity contribution is 7.98. The van der Waals surface area contributed by atoms with Crippen molar-refractivity contribution in [1.82, 2.24) is 5.32 Å². The van der Waals surface area contributed by atoms with Crippen molar-refractivity contribution in [3.63, 3.8) is 0 Å². The summed E-state index contributed by atoms with van der Waals surface area (Å²) in [6.07, 6.45) is 4.18. The zero-order chi connectivity index (χ0) is 11.1. The van der Waals surface area contributed by atoms with E-state index in [1.54, 1.807) is 0 Å². The third-order valence-electron chi connectivity index (χ3n) is 3.18. The molecule has 1 aliphatic heterocycles. The van der Waals surface area contributed by atoms with Crippen LogP contribution < -0.4 is 5.32 Å². The quantitative estimate of drug-likeness (QED) is 0.786. The second-order valence-electron chi connectivity index (χ2n) is 4.54. The predicted octanol–water partition coefficient (Wildman–Crippen LogP) is 3.31. The Morgan fingerprint density at radius 2 is 2.12 bits per heavy atom. The van der Waals surface area contributed by atoms with Crippen LogP contribution in [0.1, 0.15) is 24.8 Å². The van der Waals surface area contributed by atoms with Crippen LogP contribution in [0.3, 0.4) is 0 Å². The number of nitrogens with one attached hydrogen (secondary N) is 1. The molecule has 2 rings (SSSR count). The van der Waals surface area contributed by atoms with Gasteiger partial charge in [-0.25, -0.2) is 0 Å². The molecule has 16 heavy (non-hydrogen) atoms. The summed E-state index contributed by atoms with van der Waals surface area (Å²) in [4.78, 5) is 0. The topological polar surface area (TPSA) is 12.0 Å². The van der Waals surface area contributed by atoms with E-state index in [-0.39, 0.29) is 0 Å². The van der Waals surface area contributed by atoms with Crippen LogP contribution in [0.25, 0.3) is 0 Å². The standard InChI is InChI=1S/C14H21NS/c1-2-5-14(6-3-1)12-16-10-8-13-7-4-9-15-11-13/h1-3,5-6,13,15H,4,7-12H2. The molecule has 2 heteroatoms. The van der Waals surface area contributed by atoms with Crippen LogP contribution in [0.4, 0.5) is 0 Å². The van der Waals surface area contributed by atoms with E-state index in [9.17, 15) is 0 Å². The van der Waals surface area contributed by atoms with Crippen LogP contribution in [0.15, 0.2) is 30.3 Å². The number of thioether (sulfide) groups is 1. The van der Waals surface area contributed by atoms with E-state index in [2.05, 4.69) is 47.4 Å². The van der Waals surface area contributed by atoms with Crippen LogP contribution in [-0.4, -0.2) is 18.8 Å². The molecular formula is C14H21NS. The first-order chi connectivity index (χ1) is 7.95. The first kappa shape index (κ1) is 12.0. The SMILES string of the molecule is c1ccc(CSCCC2CCCNC2)cc1. The van der Waals surface area contributed by atoms with E-state index in [0.29, 0.717) is 0 Å². The normalized spacial score (nSPS) is 20.9. The van der Waals surface area contributed by atoms with Crippen LogP contribution in [0.2, 0.25) is 0 Å². The van der Waals surface area contributed by atoms with Crippen molar-refractivity contribution in [3.05, 3.63) is 35.9 Å². The summed E-state index contributed by atoms with van der Waals surface area (Å²) in [5.74, 6) is 3.40. The van der Waals surface area contributed by atoms with Crippen molar-refractivity contribution in [1.29, 1.82) is 0 Å². The first-order valence-corrected chi connectivity index (χ1v) is 7.43. The average molecular weight is 235 g/mol. The monoisotopic (exact) mass is 235 g/mol. The zero-order valence-electron chi connectivity index (χ0n) is 9.82. The zero-order valence-corrected chi connectivity index (χ0v) is 10.6. The Morgan fingerprint density at radius 3 is 2.88 bits per heavy atom. The second kappa shape index (κ2) is 6.97. The fourth-order valence-electron chi connectivity index (χ4n) is 2.18. The van der Waals surface area contributed by atoms with E-state index in [1.165, 1.54) is 49.4 Å². The molecule has 1 aliphatic rings. The molecule has 88 valence electrons. The number of rotatable bonds is 5. The van der Waals surface area contributed by atoms with Gasteiger partial charge in [0.15, 0.2) is 0 Å². The van der Waals surface area contributed by atoms with Gasteiger partial charge >= 0.3 is 0 Å². The van der Waals surface area contributed by atoms with E-state index in [0.717, 1.165) is 5.92 Å². The van der Waals surface area contributed by atoms with Crippen molar-refractivity contribution in [2.24, 2.45) is 5.92 Å². The lowest BCUT2D eigenvalue weighted by atomic mass is 9.97. The molecule has 1 heterocycles. The Morgan fingerprint density at radius 1 is 1.25 bits per heavy atom. The summed E-state index contributed by atoms with van der Waals surface area (Å²) >= 11 is 2.07. The minimum Gasteiger partial charge on any atom is -0.316 e. The summed E-state index contributed by atoms with van der Waals surface area (Å²) in [5.41, 5.74) is 1.45. The van der Waals surface area contributed by atoms with Crippen LogP contribution >= 0.6 is 11.8 Å². The smallest absolute Gasteiger partial charge is 0.0184 e. The molecule has 1 nitrogen and oxygen atoms in total. The van der Waals surface area contributed by atoms with E-state index >= 15 is 0 Å². The molecule has 0 aliphatic carbocycles. The van der Waals surface area contributed by atoms with Gasteiger partial charge < -0.3 is 5.32 Å². The van der Waals surface area contributed by atoms with E-state index < -0.39 is 0 Å². The average Bonchev–Trinajstić information content (AvgIpc) is 2.37. The van der Waals surface area contributed by atoms with E-state index in [1.807, 2.05) is 0 Å². The minimum absolute atomic E-state index is 0.928. The molecule has 1 unspecified atom stereocenters. The van der Waals surface area contributed by atoms with Crippen molar-refractivity contribution in [2.45, 2.75) is 25.0 Å². The van der Waals surface area contributed by atoms with Crippen molar-refractivity contribution in [3.8, 4) is 0 Å². The van der Waals surface area contributed by atoms with Gasteiger partial charge in [-0.1, -0.05) is 30.3 Å². The number of hydrogen-bond acceptors (Lipinski definition) is 2. The molecule has 1 atom stereocenters. The van der Waals surface area contributed by atoms with Gasteiger partial charge in [-0.3, -0.25) is 0 Å². The van der Waals surface area contributed by atoms with Gasteiger partial charge in [-0.15, -0.1) is 0 Å². The van der Waals surface area contributed by atoms with Gasteiger partial charge in [-0.05, 0) is 49.6 Å². The summed E-state index contributed by atoms with van der Waals surface area (Å²) in [6, 6.07) is 10.8. The molecule has 0 bridgehead atoms. The fourth-order valence-corrected chi connectivity index (χ4v) is 3.26. The molecule has 1 aromatic rings. The Hall–Kier alpha value is -0.470. The summed E-state index contributed by atoms with van der Waals surface area (Å²) in [5, 5.41) is 3.48. The van der Waals surface area contributed by atoms with Gasteiger partial charge in [0.05, 0.1) is 0 Å². The molecule has 0 radical (unpaired) electrons. The maximum absolute atomic E-state index is 3.48. The first-order valence-electron chi connectivity index (χ1n) is 6.27. The molecule has 1 saturated heterocycles. The number of benzene rings is 1. The highest BCUT2D eigenvalue weighted by Crippen LogP contribution is 2.19. The predicted molar refractivity (Wildman–Crippen MR) is 72.8 cm³/mol. The maximum atomic E-state index is 3.48. The molecule has 1 fully saturated rings. The minimum atomic E-state index is 0.928. The lowest BCUT2D eigenvalue weighted by Gasteiger charge is -2.22. The lowest BCUT2D eigenvalue weighted by Crippen LogP contribution is -2.29. The molecule has 0 spiro atoms. The number of hydrogen-bond donors (Lipinski definition) is 1. The van der Waals surface area contributed by atoms with Crippen molar-refractivity contribution < 1.29 is 0 Å². The lowest BCUT2D eigenvalue weighted by molar-refractivity contribution is 0.371. The fraction of sp³-hybridized carbons (Fsp3) is 0.571. The Labute approximate surface area is 103 Å². The molecule has 0 aromatic heterocycles. The Kier molecular flexibility index (Phi) is 5.23. The maximum Gasteiger partial charge on any atom is 0.0184 e. The summed E-state index contributed by atoms with van der Waals surface area (Å²) in [6.45, 7) is 2.47. The van der Waals surface area contributed by atoms with Crippen LogP contribution in [0, 0.1) is 5.92 Å². The Balaban J connectivity index is 1.58. The van der Waals surface area contributed by atoms with E-state index in [4.69, 9.17) is 0 Å². The highest BCUT2D eigenvalue weighted by atomic mass is 32.2. The van der Waals surface area contributed by atoms with Gasteiger partial charge in [0.25, 0.3) is 0 Å². The van der Waals surface area contributed by atoms with Gasteiger partial charge in [0.2, 0.25) is 0 Å². The number of piperidine rings is 1. The largest absolute Gasteiger partial charge is 0.316 e. The van der Waals surface area contributed by atoms with Gasteiger partial charge in [0.1, 0.15) is 0 Å². The van der Waals surface area contributed by atoms with Crippen molar-refractivity contribution >= 4 is 11.8 Å². The third-order valence-corrected chi connectivity index (χ3v) is 4.24. The van der Waals surface area contributed by atoms with Crippen molar-refractivity contribution in [2.75, 3.05) is 18.8 Å². The molecule has 1 aromatic carbocycles. The third kappa shape index (κ3) is 4.18. The second-order valence-corrected chi connectivity index (χ2v) is 5.64.